The molecule has 1 aromatic heterocycles. The lowest BCUT2D eigenvalue weighted by Crippen LogP contribution is -2.15. The lowest BCUT2D eigenvalue weighted by atomic mass is 10.1. The lowest BCUT2D eigenvalue weighted by Gasteiger charge is -2.12. The van der Waals surface area contributed by atoms with Gasteiger partial charge in [-0.05, 0) is 62.2 Å². The van der Waals surface area contributed by atoms with E-state index in [9.17, 15) is 10.1 Å². The van der Waals surface area contributed by atoms with Gasteiger partial charge >= 0.3 is 5.97 Å². The topological polar surface area (TPSA) is 97.2 Å². The molecule has 0 atom stereocenters. The zero-order chi connectivity index (χ0) is 21.5. The number of nitrogens with one attached hydrogen (secondary N) is 1. The monoisotopic (exact) mass is 405 g/mol. The minimum absolute atomic E-state index is 0.203. The van der Waals surface area contributed by atoms with Crippen LogP contribution in [0.5, 0.6) is 11.5 Å². The average Bonchev–Trinajstić information content (AvgIpc) is 3.14. The van der Waals surface area contributed by atoms with E-state index in [1.54, 1.807) is 31.2 Å². The van der Waals surface area contributed by atoms with Crippen LogP contribution in [-0.2, 0) is 9.53 Å². The van der Waals surface area contributed by atoms with Crippen molar-refractivity contribution < 1.29 is 19.0 Å². The van der Waals surface area contributed by atoms with Crippen molar-refractivity contribution in [3.63, 3.8) is 0 Å². The van der Waals surface area contributed by atoms with Crippen LogP contribution >= 0.6 is 0 Å². The zero-order valence-corrected chi connectivity index (χ0v) is 17.2. The summed E-state index contributed by atoms with van der Waals surface area (Å²) in [7, 11) is 0. The number of benzene rings is 2. The zero-order valence-electron chi connectivity index (χ0n) is 17.2. The van der Waals surface area contributed by atoms with Crippen molar-refractivity contribution in [2.45, 2.75) is 20.8 Å². The number of hydrogen-bond donors (Lipinski definition) is 1. The molecule has 154 valence electrons. The van der Waals surface area contributed by atoms with Gasteiger partial charge in [-0.1, -0.05) is 12.1 Å². The van der Waals surface area contributed by atoms with Gasteiger partial charge in [-0.25, -0.2) is 9.78 Å². The fraction of sp³-hybridized carbons (Fsp3) is 0.261. The number of carbonyl (C=O) groups excluding carboxylic acids is 1. The fourth-order valence-corrected chi connectivity index (χ4v) is 2.91. The molecule has 1 N–H and O–H groups in total. The Labute approximate surface area is 174 Å². The predicted octanol–water partition coefficient (Wildman–Crippen LogP) is 4.28. The van der Waals surface area contributed by atoms with Gasteiger partial charge in [0.2, 0.25) is 0 Å². The van der Waals surface area contributed by atoms with E-state index in [2.05, 4.69) is 16.0 Å². The van der Waals surface area contributed by atoms with Crippen LogP contribution < -0.4 is 9.47 Å². The maximum absolute atomic E-state index is 11.5. The summed E-state index contributed by atoms with van der Waals surface area (Å²) in [5, 5.41) is 9.66. The molecule has 0 spiro atoms. The van der Waals surface area contributed by atoms with Crippen molar-refractivity contribution in [1.29, 1.82) is 5.26 Å². The SMILES string of the molecule is CCOC(=O)COc1ccc(/C=C(\C#N)c2nc3ccc(C)cc3[nH]2)cc1OCC. The standard InChI is InChI=1S/C23H23N3O4/c1-4-28-21-12-16(7-9-20(21)30-14-22(27)29-5-2)11-17(13-24)23-25-18-8-6-15(3)10-19(18)26-23/h6-12H,4-5,14H2,1-3H3,(H,25,26)/b17-11+. The molecule has 0 aliphatic rings. The van der Waals surface area contributed by atoms with Gasteiger partial charge in [0.05, 0.1) is 29.8 Å². The molecule has 0 aliphatic carbocycles. The molecule has 0 saturated carbocycles. The van der Waals surface area contributed by atoms with Crippen LogP contribution in [0.25, 0.3) is 22.7 Å². The van der Waals surface area contributed by atoms with Crippen LogP contribution in [-0.4, -0.2) is 35.8 Å². The molecule has 0 radical (unpaired) electrons. The van der Waals surface area contributed by atoms with Gasteiger partial charge in [-0.2, -0.15) is 5.26 Å². The maximum atomic E-state index is 11.5. The number of imidazole rings is 1. The molecule has 0 amide bonds. The highest BCUT2D eigenvalue weighted by Gasteiger charge is 2.12. The van der Waals surface area contributed by atoms with Crippen LogP contribution in [0.4, 0.5) is 0 Å². The summed E-state index contributed by atoms with van der Waals surface area (Å²) in [5.41, 5.74) is 3.93. The van der Waals surface area contributed by atoms with Gasteiger partial charge in [-0.15, -0.1) is 0 Å². The normalized spacial score (nSPS) is 11.2. The molecule has 2 aromatic carbocycles. The Hall–Kier alpha value is -3.79. The fourth-order valence-electron chi connectivity index (χ4n) is 2.91. The average molecular weight is 405 g/mol. The Morgan fingerprint density at radius 2 is 1.97 bits per heavy atom. The van der Waals surface area contributed by atoms with Gasteiger partial charge in [0.25, 0.3) is 0 Å². The molecule has 0 unspecified atom stereocenters. The molecule has 0 aliphatic heterocycles. The Bertz CT molecular complexity index is 1130. The summed E-state index contributed by atoms with van der Waals surface area (Å²) in [6.45, 7) is 6.11. The third kappa shape index (κ3) is 4.97. The summed E-state index contributed by atoms with van der Waals surface area (Å²) < 4.78 is 16.0. The lowest BCUT2D eigenvalue weighted by molar-refractivity contribution is -0.145. The molecule has 3 aromatic rings. The first-order chi connectivity index (χ1) is 14.5. The third-order valence-corrected chi connectivity index (χ3v) is 4.24. The number of H-pyrrole nitrogens is 1. The second-order valence-corrected chi connectivity index (χ2v) is 6.51. The highest BCUT2D eigenvalue weighted by molar-refractivity contribution is 5.90. The number of nitrogens with zero attached hydrogens (tertiary/aromatic N) is 2. The molecule has 0 bridgehead atoms. The number of ether oxygens (including phenoxy) is 3. The molecule has 7 nitrogen and oxygen atoms in total. The van der Waals surface area contributed by atoms with Crippen molar-refractivity contribution in [3.8, 4) is 17.6 Å². The molecule has 0 fully saturated rings. The minimum atomic E-state index is -0.448. The van der Waals surface area contributed by atoms with Gasteiger partial charge in [0.1, 0.15) is 11.9 Å². The second-order valence-electron chi connectivity index (χ2n) is 6.51. The predicted molar refractivity (Wildman–Crippen MR) is 114 cm³/mol. The summed E-state index contributed by atoms with van der Waals surface area (Å²) in [5.74, 6) is 0.961. The number of allylic oxidation sites excluding steroid dienone is 1. The van der Waals surface area contributed by atoms with E-state index in [1.807, 2.05) is 32.0 Å². The Balaban J connectivity index is 1.88. The Morgan fingerprint density at radius 3 is 2.70 bits per heavy atom. The second kappa shape index (κ2) is 9.61. The Kier molecular flexibility index (Phi) is 6.71. The van der Waals surface area contributed by atoms with E-state index in [4.69, 9.17) is 14.2 Å². The summed E-state index contributed by atoms with van der Waals surface area (Å²) in [4.78, 5) is 19.2. The summed E-state index contributed by atoms with van der Waals surface area (Å²) >= 11 is 0. The van der Waals surface area contributed by atoms with Gasteiger partial charge < -0.3 is 19.2 Å². The number of aromatic amines is 1. The molecule has 1 heterocycles. The molecule has 3 rings (SSSR count). The summed E-state index contributed by atoms with van der Waals surface area (Å²) in [6.07, 6.45) is 1.72. The smallest absolute Gasteiger partial charge is 0.344 e. The quantitative estimate of drug-likeness (QED) is 0.444. The van der Waals surface area contributed by atoms with Crippen molar-refractivity contribution >= 4 is 28.7 Å². The number of rotatable bonds is 8. The third-order valence-electron chi connectivity index (χ3n) is 4.24. The first kappa shape index (κ1) is 20.9. The highest BCUT2D eigenvalue weighted by atomic mass is 16.6. The van der Waals surface area contributed by atoms with Crippen molar-refractivity contribution in [2.24, 2.45) is 0 Å². The largest absolute Gasteiger partial charge is 0.490 e. The van der Waals surface area contributed by atoms with Crippen LogP contribution in [0, 0.1) is 18.3 Å². The molecular formula is C23H23N3O4. The summed E-state index contributed by atoms with van der Waals surface area (Å²) in [6, 6.07) is 13.3. The number of aromatic nitrogens is 2. The highest BCUT2D eigenvalue weighted by Crippen LogP contribution is 2.30. The first-order valence-electron chi connectivity index (χ1n) is 9.67. The van der Waals surface area contributed by atoms with E-state index >= 15 is 0 Å². The van der Waals surface area contributed by atoms with E-state index in [0.717, 1.165) is 22.2 Å². The van der Waals surface area contributed by atoms with Crippen molar-refractivity contribution in [1.82, 2.24) is 9.97 Å². The van der Waals surface area contributed by atoms with E-state index < -0.39 is 5.97 Å². The molecule has 7 heteroatoms. The number of nitriles is 1. The van der Waals surface area contributed by atoms with Crippen LogP contribution in [0.2, 0.25) is 0 Å². The number of esters is 1. The minimum Gasteiger partial charge on any atom is -0.490 e. The number of fused-ring (bicyclic) bond motifs is 1. The van der Waals surface area contributed by atoms with Gasteiger partial charge in [-0.3, -0.25) is 0 Å². The van der Waals surface area contributed by atoms with E-state index in [0.29, 0.717) is 36.1 Å². The maximum Gasteiger partial charge on any atom is 0.344 e. The van der Waals surface area contributed by atoms with E-state index in [1.165, 1.54) is 0 Å². The van der Waals surface area contributed by atoms with Crippen molar-refractivity contribution in [2.75, 3.05) is 19.8 Å². The molecular weight excluding hydrogens is 382 g/mol. The van der Waals surface area contributed by atoms with Gasteiger partial charge in [0.15, 0.2) is 18.1 Å². The molecule has 30 heavy (non-hydrogen) atoms. The van der Waals surface area contributed by atoms with Crippen LogP contribution in [0.3, 0.4) is 0 Å². The Morgan fingerprint density at radius 1 is 1.13 bits per heavy atom. The molecule has 0 saturated heterocycles. The van der Waals surface area contributed by atoms with E-state index in [-0.39, 0.29) is 6.61 Å². The number of aryl methyl sites for hydroxylation is 1. The van der Waals surface area contributed by atoms with Crippen molar-refractivity contribution in [3.05, 3.63) is 53.3 Å². The number of carbonyl (C=O) groups is 1. The number of hydrogen-bond acceptors (Lipinski definition) is 6. The van der Waals surface area contributed by atoms with Crippen LogP contribution in [0.15, 0.2) is 36.4 Å². The van der Waals surface area contributed by atoms with Gasteiger partial charge in [0, 0.05) is 0 Å². The van der Waals surface area contributed by atoms with Crippen LogP contribution in [0.1, 0.15) is 30.8 Å². The first-order valence-corrected chi connectivity index (χ1v) is 9.67.